The summed E-state index contributed by atoms with van der Waals surface area (Å²) in [4.78, 5) is 5.37. The van der Waals surface area contributed by atoms with E-state index in [1.807, 2.05) is 0 Å². The van der Waals surface area contributed by atoms with Crippen LogP contribution in [0.15, 0.2) is 0 Å². The Bertz CT molecular complexity index is 263. The van der Waals surface area contributed by atoms with Crippen molar-refractivity contribution in [3.05, 3.63) is 0 Å². The zero-order valence-corrected chi connectivity index (χ0v) is 11.2. The molecule has 3 rings (SSSR count). The Labute approximate surface area is 105 Å². The molecule has 3 heterocycles. The fourth-order valence-corrected chi connectivity index (χ4v) is 3.86. The van der Waals surface area contributed by atoms with E-state index >= 15 is 0 Å². The first-order valence-corrected chi connectivity index (χ1v) is 7.36. The summed E-state index contributed by atoms with van der Waals surface area (Å²) in [6.07, 6.45) is 6.66. The molecule has 0 bridgehead atoms. The van der Waals surface area contributed by atoms with Gasteiger partial charge in [0.15, 0.2) is 0 Å². The van der Waals surface area contributed by atoms with Crippen molar-refractivity contribution in [1.29, 1.82) is 0 Å². The number of fused-ring (bicyclic) bond motifs is 1. The lowest BCUT2D eigenvalue weighted by molar-refractivity contribution is -0.00987. The number of nitrogens with zero attached hydrogens (tertiary/aromatic N) is 2. The lowest BCUT2D eigenvalue weighted by Gasteiger charge is -2.32. The second kappa shape index (κ2) is 4.87. The molecule has 0 radical (unpaired) electrons. The summed E-state index contributed by atoms with van der Waals surface area (Å²) >= 11 is 0. The van der Waals surface area contributed by atoms with Crippen LogP contribution in [0.1, 0.15) is 39.0 Å². The van der Waals surface area contributed by atoms with Gasteiger partial charge < -0.3 is 4.74 Å². The monoisotopic (exact) mass is 238 g/mol. The van der Waals surface area contributed by atoms with E-state index in [0.29, 0.717) is 0 Å². The third-order valence-corrected chi connectivity index (χ3v) is 4.75. The van der Waals surface area contributed by atoms with Crippen molar-refractivity contribution in [2.24, 2.45) is 0 Å². The lowest BCUT2D eigenvalue weighted by atomic mass is 10.0. The minimum atomic E-state index is 0.147. The zero-order chi connectivity index (χ0) is 11.7. The molecule has 2 unspecified atom stereocenters. The van der Waals surface area contributed by atoms with Gasteiger partial charge in [0.2, 0.25) is 0 Å². The van der Waals surface area contributed by atoms with Gasteiger partial charge in [-0.05, 0) is 58.7 Å². The smallest absolute Gasteiger partial charge is 0.0781 e. The van der Waals surface area contributed by atoms with Gasteiger partial charge in [0.25, 0.3) is 0 Å². The summed E-state index contributed by atoms with van der Waals surface area (Å²) < 4.78 is 5.94. The predicted octanol–water partition coefficient (Wildman–Crippen LogP) is 1.73. The number of hydrogen-bond acceptors (Lipinski definition) is 3. The Morgan fingerprint density at radius 2 is 2.06 bits per heavy atom. The van der Waals surface area contributed by atoms with E-state index in [2.05, 4.69) is 16.7 Å². The zero-order valence-electron chi connectivity index (χ0n) is 11.2. The normalized spacial score (nSPS) is 40.4. The molecule has 98 valence electrons. The Hall–Kier alpha value is -0.120. The molecule has 0 spiro atoms. The molecule has 0 aromatic heterocycles. The van der Waals surface area contributed by atoms with Gasteiger partial charge >= 0.3 is 0 Å². The largest absolute Gasteiger partial charge is 0.374 e. The maximum absolute atomic E-state index is 5.94. The molecule has 3 aliphatic heterocycles. The maximum atomic E-state index is 5.94. The summed E-state index contributed by atoms with van der Waals surface area (Å²) in [5.41, 5.74) is 0.147. The van der Waals surface area contributed by atoms with Gasteiger partial charge in [0, 0.05) is 25.7 Å². The average molecular weight is 238 g/mol. The van der Waals surface area contributed by atoms with Gasteiger partial charge in [-0.15, -0.1) is 0 Å². The Morgan fingerprint density at radius 3 is 2.88 bits per heavy atom. The molecule has 3 aliphatic rings. The summed E-state index contributed by atoms with van der Waals surface area (Å²) in [5.74, 6) is 0. The van der Waals surface area contributed by atoms with Crippen molar-refractivity contribution in [3.63, 3.8) is 0 Å². The van der Waals surface area contributed by atoms with Crippen molar-refractivity contribution in [3.8, 4) is 0 Å². The van der Waals surface area contributed by atoms with Crippen molar-refractivity contribution >= 4 is 0 Å². The van der Waals surface area contributed by atoms with Crippen molar-refractivity contribution in [1.82, 2.24) is 9.80 Å². The summed E-state index contributed by atoms with van der Waals surface area (Å²) in [5, 5.41) is 0. The maximum Gasteiger partial charge on any atom is 0.0781 e. The average Bonchev–Trinajstić information content (AvgIpc) is 2.85. The summed E-state index contributed by atoms with van der Waals surface area (Å²) in [7, 11) is 0. The fraction of sp³-hybridized carbons (Fsp3) is 1.00. The molecule has 0 amide bonds. The predicted molar refractivity (Wildman–Crippen MR) is 69.2 cm³/mol. The highest BCUT2D eigenvalue weighted by atomic mass is 16.5. The van der Waals surface area contributed by atoms with E-state index in [4.69, 9.17) is 4.74 Å². The highest BCUT2D eigenvalue weighted by Gasteiger charge is 2.35. The van der Waals surface area contributed by atoms with E-state index in [1.165, 1.54) is 58.3 Å². The van der Waals surface area contributed by atoms with Crippen LogP contribution in [0.5, 0.6) is 0 Å². The minimum Gasteiger partial charge on any atom is -0.374 e. The molecular formula is C14H26N2O. The second-order valence-electron chi connectivity index (χ2n) is 6.32. The molecule has 3 heteroatoms. The number of rotatable bonds is 2. The van der Waals surface area contributed by atoms with Gasteiger partial charge in [0.05, 0.1) is 5.60 Å². The topological polar surface area (TPSA) is 15.7 Å². The van der Waals surface area contributed by atoms with Crippen molar-refractivity contribution in [2.45, 2.75) is 50.7 Å². The molecule has 0 aromatic carbocycles. The second-order valence-corrected chi connectivity index (χ2v) is 6.32. The molecule has 17 heavy (non-hydrogen) atoms. The van der Waals surface area contributed by atoms with Gasteiger partial charge in [-0.2, -0.15) is 0 Å². The van der Waals surface area contributed by atoms with Crippen LogP contribution in [0.25, 0.3) is 0 Å². The van der Waals surface area contributed by atoms with Crippen molar-refractivity contribution in [2.75, 3.05) is 39.3 Å². The first-order valence-electron chi connectivity index (χ1n) is 7.36. The molecule has 3 nitrogen and oxygen atoms in total. The third kappa shape index (κ3) is 2.67. The van der Waals surface area contributed by atoms with Crippen LogP contribution in [0, 0.1) is 0 Å². The van der Waals surface area contributed by atoms with E-state index in [9.17, 15) is 0 Å². The third-order valence-electron chi connectivity index (χ3n) is 4.75. The lowest BCUT2D eigenvalue weighted by Crippen LogP contribution is -2.44. The van der Waals surface area contributed by atoms with Crippen LogP contribution in [0.2, 0.25) is 0 Å². The van der Waals surface area contributed by atoms with Crippen molar-refractivity contribution < 1.29 is 4.74 Å². The first-order chi connectivity index (χ1) is 8.25. The highest BCUT2D eigenvalue weighted by molar-refractivity contribution is 4.89. The van der Waals surface area contributed by atoms with E-state index in [0.717, 1.165) is 19.2 Å². The molecular weight excluding hydrogens is 212 g/mol. The van der Waals surface area contributed by atoms with E-state index in [-0.39, 0.29) is 5.60 Å². The summed E-state index contributed by atoms with van der Waals surface area (Å²) in [6.45, 7) is 9.63. The molecule has 3 saturated heterocycles. The standard InChI is InChI=1S/C14H26N2O/c1-14(6-3-10-17-14)12-15-7-4-9-16-8-2-5-13(16)11-15/h13H,2-12H2,1H3. The molecule has 0 aliphatic carbocycles. The van der Waals surface area contributed by atoms with Crippen LogP contribution in [-0.2, 0) is 4.74 Å². The molecule has 0 N–H and O–H groups in total. The van der Waals surface area contributed by atoms with Crippen LogP contribution in [-0.4, -0.2) is 60.8 Å². The van der Waals surface area contributed by atoms with Gasteiger partial charge in [0.1, 0.15) is 0 Å². The van der Waals surface area contributed by atoms with Gasteiger partial charge in [-0.25, -0.2) is 0 Å². The number of hydrogen-bond donors (Lipinski definition) is 0. The molecule has 2 atom stereocenters. The Balaban J connectivity index is 1.59. The van der Waals surface area contributed by atoms with Crippen LogP contribution < -0.4 is 0 Å². The van der Waals surface area contributed by atoms with Gasteiger partial charge in [-0.1, -0.05) is 0 Å². The van der Waals surface area contributed by atoms with E-state index in [1.54, 1.807) is 0 Å². The van der Waals surface area contributed by atoms with Crippen LogP contribution >= 0.6 is 0 Å². The van der Waals surface area contributed by atoms with Crippen LogP contribution in [0.3, 0.4) is 0 Å². The Kier molecular flexibility index (Phi) is 3.42. The minimum absolute atomic E-state index is 0.147. The summed E-state index contributed by atoms with van der Waals surface area (Å²) in [6, 6.07) is 0.836. The fourth-order valence-electron chi connectivity index (χ4n) is 3.86. The molecule has 0 saturated carbocycles. The SMILES string of the molecule is CC1(CN2CCCN3CCCC3C2)CCCO1. The quantitative estimate of drug-likeness (QED) is 0.728. The molecule has 0 aromatic rings. The Morgan fingerprint density at radius 1 is 1.18 bits per heavy atom. The molecule has 3 fully saturated rings. The number of ether oxygens (including phenoxy) is 1. The van der Waals surface area contributed by atoms with Crippen LogP contribution in [0.4, 0.5) is 0 Å². The van der Waals surface area contributed by atoms with E-state index < -0.39 is 0 Å². The highest BCUT2D eigenvalue weighted by Crippen LogP contribution is 2.28. The first kappa shape index (κ1) is 11.9. The van der Waals surface area contributed by atoms with Gasteiger partial charge in [-0.3, -0.25) is 9.80 Å².